The van der Waals surface area contributed by atoms with Crippen LogP contribution in [0.15, 0.2) is 66.7 Å². The summed E-state index contributed by atoms with van der Waals surface area (Å²) in [7, 11) is 2.26. The predicted octanol–water partition coefficient (Wildman–Crippen LogP) is 2.71. The summed E-state index contributed by atoms with van der Waals surface area (Å²) in [6.07, 6.45) is 0. The summed E-state index contributed by atoms with van der Waals surface area (Å²) in [5.74, 6) is 1.13. The van der Waals surface area contributed by atoms with Crippen molar-refractivity contribution >= 4 is 11.5 Å². The van der Waals surface area contributed by atoms with Crippen LogP contribution in [0.3, 0.4) is 0 Å². The van der Waals surface area contributed by atoms with Crippen LogP contribution >= 0.6 is 0 Å². The standard InChI is InChI=1S/C24H25N5/c1-18-23(20-11-7-4-8-12-20)24-25-21(19-9-5-3-6-10-19)17-22(29(24)26-18)28-15-13-27(2)14-16-28/h3-12,17H,13-16H2,1-2H3/p+1. The number of aromatic nitrogens is 3. The van der Waals surface area contributed by atoms with Gasteiger partial charge in [0.05, 0.1) is 44.6 Å². The van der Waals surface area contributed by atoms with Crippen molar-refractivity contribution in [1.82, 2.24) is 14.6 Å². The van der Waals surface area contributed by atoms with Gasteiger partial charge in [-0.1, -0.05) is 60.7 Å². The smallest absolute Gasteiger partial charge is 0.166 e. The fourth-order valence-corrected chi connectivity index (χ4v) is 4.15. The van der Waals surface area contributed by atoms with Crippen LogP contribution in [0, 0.1) is 6.92 Å². The van der Waals surface area contributed by atoms with Crippen LogP contribution in [-0.2, 0) is 0 Å². The molecule has 0 saturated carbocycles. The van der Waals surface area contributed by atoms with Crippen molar-refractivity contribution in [2.24, 2.45) is 0 Å². The van der Waals surface area contributed by atoms with Crippen molar-refractivity contribution in [3.8, 4) is 22.4 Å². The number of quaternary nitrogens is 1. The number of benzene rings is 2. The highest BCUT2D eigenvalue weighted by Crippen LogP contribution is 2.32. The van der Waals surface area contributed by atoms with Gasteiger partial charge in [0.2, 0.25) is 0 Å². The number of piperazine rings is 1. The molecule has 0 bridgehead atoms. The van der Waals surface area contributed by atoms with Crippen molar-refractivity contribution in [3.05, 3.63) is 72.4 Å². The summed E-state index contributed by atoms with van der Waals surface area (Å²) in [4.78, 5) is 9.12. The van der Waals surface area contributed by atoms with Crippen LogP contribution in [-0.4, -0.2) is 47.8 Å². The molecule has 0 radical (unpaired) electrons. The Bertz CT molecular complexity index is 1130. The maximum absolute atomic E-state index is 5.08. The number of likely N-dealkylation sites (N-methyl/N-ethyl adjacent to an activating group) is 1. The Morgan fingerprint density at radius 1 is 0.862 bits per heavy atom. The Kier molecular flexibility index (Phi) is 4.52. The van der Waals surface area contributed by atoms with Crippen LogP contribution in [0.2, 0.25) is 0 Å². The highest BCUT2D eigenvalue weighted by Gasteiger charge is 2.23. The molecular formula is C24H26N5+. The predicted molar refractivity (Wildman–Crippen MR) is 117 cm³/mol. The minimum absolute atomic E-state index is 0.927. The minimum Gasteiger partial charge on any atom is -0.345 e. The molecule has 0 aliphatic carbocycles. The molecule has 1 aliphatic heterocycles. The maximum Gasteiger partial charge on any atom is 0.166 e. The lowest BCUT2D eigenvalue weighted by Crippen LogP contribution is -3.12. The number of hydrogen-bond acceptors (Lipinski definition) is 3. The lowest BCUT2D eigenvalue weighted by Gasteiger charge is -2.31. The van der Waals surface area contributed by atoms with Crippen LogP contribution in [0.25, 0.3) is 28.0 Å². The molecule has 0 unspecified atom stereocenters. The van der Waals surface area contributed by atoms with Gasteiger partial charge in [-0.25, -0.2) is 4.98 Å². The van der Waals surface area contributed by atoms with Crippen molar-refractivity contribution in [2.75, 3.05) is 38.1 Å². The Labute approximate surface area is 171 Å². The normalized spacial score (nSPS) is 15.2. The van der Waals surface area contributed by atoms with Gasteiger partial charge in [0.25, 0.3) is 0 Å². The minimum atomic E-state index is 0.927. The molecule has 4 aromatic rings. The Hall–Kier alpha value is -3.18. The Morgan fingerprint density at radius 3 is 2.14 bits per heavy atom. The van der Waals surface area contributed by atoms with Crippen LogP contribution in [0.5, 0.6) is 0 Å². The van der Waals surface area contributed by atoms with E-state index in [1.165, 1.54) is 0 Å². The van der Waals surface area contributed by atoms with E-state index in [0.29, 0.717) is 0 Å². The molecule has 5 rings (SSSR count). The first-order valence-corrected chi connectivity index (χ1v) is 10.3. The first kappa shape index (κ1) is 17.9. The molecule has 1 saturated heterocycles. The molecule has 29 heavy (non-hydrogen) atoms. The number of hydrogen-bond donors (Lipinski definition) is 1. The van der Waals surface area contributed by atoms with E-state index in [4.69, 9.17) is 10.1 Å². The third-order valence-electron chi connectivity index (χ3n) is 5.82. The lowest BCUT2D eigenvalue weighted by molar-refractivity contribution is -0.880. The van der Waals surface area contributed by atoms with Gasteiger partial charge in [-0.05, 0) is 12.5 Å². The Balaban J connectivity index is 1.75. The van der Waals surface area contributed by atoms with Crippen molar-refractivity contribution in [3.63, 3.8) is 0 Å². The molecule has 0 spiro atoms. The molecule has 5 heteroatoms. The zero-order valence-electron chi connectivity index (χ0n) is 17.0. The second kappa shape index (κ2) is 7.33. The molecule has 1 aliphatic rings. The van der Waals surface area contributed by atoms with Crippen LogP contribution in [0.1, 0.15) is 5.69 Å². The van der Waals surface area contributed by atoms with Crippen LogP contribution < -0.4 is 9.80 Å². The molecule has 5 nitrogen and oxygen atoms in total. The topological polar surface area (TPSA) is 37.9 Å². The number of anilines is 1. The summed E-state index contributed by atoms with van der Waals surface area (Å²) >= 11 is 0. The summed E-state index contributed by atoms with van der Waals surface area (Å²) in [5, 5.41) is 4.92. The molecule has 0 atom stereocenters. The molecule has 146 valence electrons. The largest absolute Gasteiger partial charge is 0.345 e. The number of aryl methyl sites for hydroxylation is 1. The fraction of sp³-hybridized carbons (Fsp3) is 0.250. The van der Waals surface area contributed by atoms with Crippen molar-refractivity contribution in [1.29, 1.82) is 0 Å². The number of nitrogens with one attached hydrogen (secondary N) is 1. The van der Waals surface area contributed by atoms with Gasteiger partial charge in [-0.15, -0.1) is 0 Å². The molecule has 2 aromatic heterocycles. The summed E-state index contributed by atoms with van der Waals surface area (Å²) < 4.78 is 2.05. The third-order valence-corrected chi connectivity index (χ3v) is 5.82. The highest BCUT2D eigenvalue weighted by molar-refractivity contribution is 5.82. The second-order valence-electron chi connectivity index (χ2n) is 7.87. The van der Waals surface area contributed by atoms with Crippen LogP contribution in [0.4, 0.5) is 5.82 Å². The number of nitrogens with zero attached hydrogens (tertiary/aromatic N) is 4. The molecule has 0 amide bonds. The van der Waals surface area contributed by atoms with Crippen molar-refractivity contribution < 1.29 is 4.90 Å². The van der Waals surface area contributed by atoms with E-state index in [9.17, 15) is 0 Å². The molecule has 2 aromatic carbocycles. The third kappa shape index (κ3) is 3.28. The highest BCUT2D eigenvalue weighted by atomic mass is 15.4. The maximum atomic E-state index is 5.08. The van der Waals surface area contributed by atoms with E-state index in [1.807, 2.05) is 16.6 Å². The van der Waals surface area contributed by atoms with E-state index in [2.05, 4.69) is 73.5 Å². The van der Waals surface area contributed by atoms with E-state index in [0.717, 1.165) is 65.7 Å². The average molecular weight is 385 g/mol. The number of fused-ring (bicyclic) bond motifs is 1. The lowest BCUT2D eigenvalue weighted by atomic mass is 10.1. The SMILES string of the molecule is Cc1nn2c(N3CC[NH+](C)CC3)cc(-c3ccccc3)nc2c1-c1ccccc1. The summed E-state index contributed by atoms with van der Waals surface area (Å²) in [6.45, 7) is 6.40. The number of rotatable bonds is 3. The van der Waals surface area contributed by atoms with Gasteiger partial charge in [0.15, 0.2) is 5.65 Å². The molecule has 1 N–H and O–H groups in total. The first-order valence-electron chi connectivity index (χ1n) is 10.3. The van der Waals surface area contributed by atoms with Gasteiger partial charge in [-0.3, -0.25) is 0 Å². The molecule has 3 heterocycles. The Morgan fingerprint density at radius 2 is 1.48 bits per heavy atom. The summed E-state index contributed by atoms with van der Waals surface area (Å²) in [6, 6.07) is 23.1. The first-order chi connectivity index (χ1) is 14.2. The average Bonchev–Trinajstić information content (AvgIpc) is 3.10. The van der Waals surface area contributed by atoms with Gasteiger partial charge in [-0.2, -0.15) is 9.61 Å². The fourth-order valence-electron chi connectivity index (χ4n) is 4.15. The zero-order valence-corrected chi connectivity index (χ0v) is 17.0. The van der Waals surface area contributed by atoms with Crippen molar-refractivity contribution in [2.45, 2.75) is 6.92 Å². The van der Waals surface area contributed by atoms with Gasteiger partial charge in [0, 0.05) is 17.2 Å². The second-order valence-corrected chi connectivity index (χ2v) is 7.87. The quantitative estimate of drug-likeness (QED) is 0.590. The molecule has 1 fully saturated rings. The van der Waals surface area contributed by atoms with E-state index in [-0.39, 0.29) is 0 Å². The van der Waals surface area contributed by atoms with Gasteiger partial charge >= 0.3 is 0 Å². The molecular weight excluding hydrogens is 358 g/mol. The van der Waals surface area contributed by atoms with Gasteiger partial charge in [0.1, 0.15) is 5.82 Å². The van der Waals surface area contributed by atoms with E-state index in [1.54, 1.807) is 4.90 Å². The monoisotopic (exact) mass is 384 g/mol. The van der Waals surface area contributed by atoms with Gasteiger partial charge < -0.3 is 9.80 Å². The van der Waals surface area contributed by atoms with E-state index < -0.39 is 0 Å². The summed E-state index contributed by atoms with van der Waals surface area (Å²) in [5.41, 5.74) is 6.34. The van der Waals surface area contributed by atoms with E-state index >= 15 is 0 Å². The zero-order chi connectivity index (χ0) is 19.8.